The predicted molar refractivity (Wildman–Crippen MR) is 143 cm³/mol. The van der Waals surface area contributed by atoms with Gasteiger partial charge in [-0.05, 0) is 54.1 Å². The third kappa shape index (κ3) is 2.87. The van der Waals surface area contributed by atoms with Crippen molar-refractivity contribution in [1.82, 2.24) is 9.13 Å². The van der Waals surface area contributed by atoms with Crippen molar-refractivity contribution in [1.29, 1.82) is 0 Å². The molecule has 7 rings (SSSR count). The summed E-state index contributed by atoms with van der Waals surface area (Å²) in [7, 11) is 0. The average Bonchev–Trinajstić information content (AvgIpc) is 3.49. The third-order valence-electron chi connectivity index (χ3n) is 6.95. The Bertz CT molecular complexity index is 1710. The monoisotopic (exact) mass is 437 g/mol. The van der Waals surface area contributed by atoms with Crippen molar-refractivity contribution in [3.05, 3.63) is 121 Å². The molecule has 0 aliphatic carbocycles. The quantitative estimate of drug-likeness (QED) is 0.274. The second-order valence-electron chi connectivity index (χ2n) is 8.87. The first-order chi connectivity index (χ1) is 16.9. The van der Waals surface area contributed by atoms with Crippen LogP contribution in [0.3, 0.4) is 0 Å². The minimum atomic E-state index is 0.363. The fourth-order valence-electron chi connectivity index (χ4n) is 5.33. The van der Waals surface area contributed by atoms with Crippen LogP contribution in [0.4, 0.5) is 0 Å². The van der Waals surface area contributed by atoms with Gasteiger partial charge in [0.2, 0.25) is 0 Å². The van der Waals surface area contributed by atoms with E-state index in [1.807, 2.05) is 12.3 Å². The molecule has 0 radical (unpaired) electrons. The second-order valence-corrected chi connectivity index (χ2v) is 8.87. The Hall–Kier alpha value is -4.37. The number of rotatable bonds is 3. The maximum absolute atomic E-state index is 4.41. The van der Waals surface area contributed by atoms with E-state index in [1.165, 1.54) is 49.6 Å². The van der Waals surface area contributed by atoms with Gasteiger partial charge in [-0.2, -0.15) is 0 Å². The molecule has 2 aromatic heterocycles. The largest absolute Gasteiger partial charge is 0.316 e. The minimum Gasteiger partial charge on any atom is -0.316 e. The van der Waals surface area contributed by atoms with Crippen molar-refractivity contribution >= 4 is 38.9 Å². The Labute approximate surface area is 197 Å². The van der Waals surface area contributed by atoms with Crippen LogP contribution in [-0.4, -0.2) is 21.9 Å². The molecule has 0 spiro atoms. The van der Waals surface area contributed by atoms with E-state index in [9.17, 15) is 0 Å². The van der Waals surface area contributed by atoms with Gasteiger partial charge in [-0.15, -0.1) is 0 Å². The lowest BCUT2D eigenvalue weighted by Crippen LogP contribution is -2.03. The molecule has 162 valence electrons. The van der Waals surface area contributed by atoms with Gasteiger partial charge in [0.1, 0.15) is 0 Å². The Balaban J connectivity index is 1.43. The molecule has 1 aliphatic rings. The minimum absolute atomic E-state index is 0.363. The molecule has 0 saturated carbocycles. The Morgan fingerprint density at radius 3 is 2.29 bits per heavy atom. The van der Waals surface area contributed by atoms with Crippen LogP contribution in [0, 0.1) is 0 Å². The topological polar surface area (TPSA) is 22.2 Å². The van der Waals surface area contributed by atoms with Crippen LogP contribution < -0.4 is 0 Å². The van der Waals surface area contributed by atoms with Crippen molar-refractivity contribution in [3.8, 4) is 11.4 Å². The number of dihydropyridines is 1. The molecule has 6 aromatic rings. The van der Waals surface area contributed by atoms with Crippen LogP contribution in [0.25, 0.3) is 44.1 Å². The molecule has 4 aromatic carbocycles. The standard InChI is InChI=1S/C31H23N3/c1-2-8-25(9-3-1)34-30-11-5-4-10-26(30)27-16-17-29-28(31(27)34)18-20-33(29)24-14-12-22(13-15-24)23-7-6-19-32-21-23/h1-20,23H,21H2. The first kappa shape index (κ1) is 19.1. The van der Waals surface area contributed by atoms with E-state index in [0.29, 0.717) is 5.92 Å². The molecule has 1 unspecified atom stereocenters. The molecule has 0 amide bonds. The normalized spacial score (nSPS) is 15.6. The highest BCUT2D eigenvalue weighted by atomic mass is 15.0. The molecule has 0 saturated heterocycles. The van der Waals surface area contributed by atoms with Crippen LogP contribution in [-0.2, 0) is 0 Å². The number of para-hydroxylation sites is 2. The molecular formula is C31H23N3. The molecule has 0 N–H and O–H groups in total. The maximum Gasteiger partial charge on any atom is 0.0635 e. The van der Waals surface area contributed by atoms with Crippen LogP contribution in [0.1, 0.15) is 11.5 Å². The van der Waals surface area contributed by atoms with E-state index in [1.54, 1.807) is 0 Å². The molecule has 3 nitrogen and oxygen atoms in total. The fourth-order valence-corrected chi connectivity index (χ4v) is 5.33. The molecule has 0 fully saturated rings. The summed E-state index contributed by atoms with van der Waals surface area (Å²) in [5.41, 5.74) is 7.36. The van der Waals surface area contributed by atoms with Crippen LogP contribution in [0.15, 0.2) is 120 Å². The van der Waals surface area contributed by atoms with Gasteiger partial charge in [0.15, 0.2) is 0 Å². The number of hydrogen-bond acceptors (Lipinski definition) is 1. The molecule has 1 atom stereocenters. The third-order valence-corrected chi connectivity index (χ3v) is 6.95. The lowest BCUT2D eigenvalue weighted by molar-refractivity contribution is 0.845. The zero-order chi connectivity index (χ0) is 22.5. The summed E-state index contributed by atoms with van der Waals surface area (Å²) in [4.78, 5) is 4.41. The fraction of sp³-hybridized carbons (Fsp3) is 0.0645. The average molecular weight is 438 g/mol. The summed E-state index contributed by atoms with van der Waals surface area (Å²) in [6.07, 6.45) is 8.34. The summed E-state index contributed by atoms with van der Waals surface area (Å²) in [6, 6.07) is 35.0. The van der Waals surface area contributed by atoms with Gasteiger partial charge >= 0.3 is 0 Å². The van der Waals surface area contributed by atoms with E-state index < -0.39 is 0 Å². The summed E-state index contributed by atoms with van der Waals surface area (Å²) >= 11 is 0. The van der Waals surface area contributed by atoms with Crippen molar-refractivity contribution in [3.63, 3.8) is 0 Å². The highest BCUT2D eigenvalue weighted by molar-refractivity contribution is 6.18. The summed E-state index contributed by atoms with van der Waals surface area (Å²) in [5.74, 6) is 0.363. The molecular weight excluding hydrogens is 414 g/mol. The highest BCUT2D eigenvalue weighted by Crippen LogP contribution is 2.37. The number of nitrogens with zero attached hydrogens (tertiary/aromatic N) is 3. The maximum atomic E-state index is 4.41. The van der Waals surface area contributed by atoms with Crippen molar-refractivity contribution in [2.75, 3.05) is 6.54 Å². The van der Waals surface area contributed by atoms with Gasteiger partial charge < -0.3 is 9.13 Å². The van der Waals surface area contributed by atoms with Gasteiger partial charge in [-0.3, -0.25) is 4.99 Å². The van der Waals surface area contributed by atoms with Gasteiger partial charge in [-0.1, -0.05) is 60.7 Å². The van der Waals surface area contributed by atoms with E-state index in [4.69, 9.17) is 0 Å². The van der Waals surface area contributed by atoms with Gasteiger partial charge in [0, 0.05) is 52.4 Å². The Morgan fingerprint density at radius 1 is 0.647 bits per heavy atom. The molecule has 1 aliphatic heterocycles. The van der Waals surface area contributed by atoms with E-state index in [0.717, 1.165) is 6.54 Å². The lowest BCUT2D eigenvalue weighted by Gasteiger charge is -2.14. The predicted octanol–water partition coefficient (Wildman–Crippen LogP) is 7.45. The Kier molecular flexibility index (Phi) is 4.28. The van der Waals surface area contributed by atoms with Crippen molar-refractivity contribution < 1.29 is 0 Å². The van der Waals surface area contributed by atoms with Crippen molar-refractivity contribution in [2.45, 2.75) is 5.92 Å². The van der Waals surface area contributed by atoms with E-state index >= 15 is 0 Å². The van der Waals surface area contributed by atoms with E-state index in [2.05, 4.69) is 123 Å². The summed E-state index contributed by atoms with van der Waals surface area (Å²) in [6.45, 7) is 0.824. The molecule has 0 bridgehead atoms. The molecule has 3 heterocycles. The van der Waals surface area contributed by atoms with Crippen LogP contribution >= 0.6 is 0 Å². The number of aliphatic imine (C=N–C) groups is 1. The number of aromatic nitrogens is 2. The first-order valence-corrected chi connectivity index (χ1v) is 11.7. The highest BCUT2D eigenvalue weighted by Gasteiger charge is 2.17. The zero-order valence-corrected chi connectivity index (χ0v) is 18.7. The smallest absolute Gasteiger partial charge is 0.0635 e. The first-order valence-electron chi connectivity index (χ1n) is 11.7. The van der Waals surface area contributed by atoms with Crippen LogP contribution in [0.5, 0.6) is 0 Å². The Morgan fingerprint density at radius 2 is 1.47 bits per heavy atom. The number of hydrogen-bond donors (Lipinski definition) is 0. The van der Waals surface area contributed by atoms with Crippen LogP contribution in [0.2, 0.25) is 0 Å². The van der Waals surface area contributed by atoms with Gasteiger partial charge in [0.25, 0.3) is 0 Å². The van der Waals surface area contributed by atoms with Gasteiger partial charge in [0.05, 0.1) is 16.6 Å². The van der Waals surface area contributed by atoms with Gasteiger partial charge in [-0.25, -0.2) is 0 Å². The summed E-state index contributed by atoms with van der Waals surface area (Å²) < 4.78 is 4.69. The summed E-state index contributed by atoms with van der Waals surface area (Å²) in [5, 5.41) is 3.82. The zero-order valence-electron chi connectivity index (χ0n) is 18.7. The molecule has 34 heavy (non-hydrogen) atoms. The number of fused-ring (bicyclic) bond motifs is 5. The van der Waals surface area contributed by atoms with E-state index in [-0.39, 0.29) is 0 Å². The lowest BCUT2D eigenvalue weighted by atomic mass is 9.97. The molecule has 3 heteroatoms. The number of allylic oxidation sites excluding steroid dienone is 1. The number of benzene rings is 4. The SMILES string of the molecule is C1=CC(c2ccc(-n3ccc4c3ccc3c5ccccc5n(-c5ccccc5)c34)cc2)CN=C1. The second kappa shape index (κ2) is 7.60. The van der Waals surface area contributed by atoms with Crippen molar-refractivity contribution in [2.24, 2.45) is 4.99 Å².